The number of carbonyl (C=O) groups excluding carboxylic acids is 1. The van der Waals surface area contributed by atoms with Gasteiger partial charge in [0.05, 0.1) is 6.54 Å². The molecule has 0 aliphatic rings. The molecule has 0 aromatic heterocycles. The molecule has 0 heterocycles. The molecule has 0 aliphatic heterocycles. The summed E-state index contributed by atoms with van der Waals surface area (Å²) in [5.41, 5.74) is -0.634. The Morgan fingerprint density at radius 2 is 1.86 bits per heavy atom. The van der Waals surface area contributed by atoms with E-state index in [4.69, 9.17) is 9.84 Å². The third-order valence-electron chi connectivity index (χ3n) is 2.94. The van der Waals surface area contributed by atoms with Crippen molar-refractivity contribution in [3.63, 3.8) is 0 Å². The lowest BCUT2D eigenvalue weighted by atomic mass is 10.0. The number of halogens is 3. The number of alkyl halides is 3. The Kier molecular flexibility index (Phi) is 5.78. The second-order valence-corrected chi connectivity index (χ2v) is 4.67. The molecule has 0 spiro atoms. The summed E-state index contributed by atoms with van der Waals surface area (Å²) in [5.74, 6) is -4.92. The zero-order valence-corrected chi connectivity index (χ0v) is 12.1. The number of hydrogen-bond donors (Lipinski definition) is 1. The van der Waals surface area contributed by atoms with E-state index in [1.807, 2.05) is 0 Å². The van der Waals surface area contributed by atoms with Crippen LogP contribution in [0.1, 0.15) is 12.5 Å². The van der Waals surface area contributed by atoms with Gasteiger partial charge in [0.25, 0.3) is 0 Å². The molecule has 0 saturated carbocycles. The van der Waals surface area contributed by atoms with Gasteiger partial charge in [-0.1, -0.05) is 0 Å². The summed E-state index contributed by atoms with van der Waals surface area (Å²) in [7, 11) is 1.36. The zero-order valence-electron chi connectivity index (χ0n) is 12.1. The fraction of sp³-hybridized carbons (Fsp3) is 0.429. The van der Waals surface area contributed by atoms with Crippen LogP contribution in [0, 0.1) is 0 Å². The predicted molar refractivity (Wildman–Crippen MR) is 72.1 cm³/mol. The van der Waals surface area contributed by atoms with E-state index < -0.39 is 29.5 Å². The molecule has 0 saturated heterocycles. The van der Waals surface area contributed by atoms with Crippen LogP contribution in [0.2, 0.25) is 0 Å². The lowest BCUT2D eigenvalue weighted by molar-refractivity contribution is -0.140. The standard InChI is InChI=1S/C14H16F3NO4/c1-9(19)12(15)14(16,17)10-3-5-11(6-4-10)22-8-7-18(2)13(20)21/h3-6,12H,7-8H2,1-2H3,(H,20,21). The molecule has 0 aliphatic carbocycles. The van der Waals surface area contributed by atoms with Crippen molar-refractivity contribution in [3.05, 3.63) is 29.8 Å². The van der Waals surface area contributed by atoms with E-state index in [1.165, 1.54) is 19.2 Å². The monoisotopic (exact) mass is 319 g/mol. The maximum atomic E-state index is 13.7. The molecule has 1 amide bonds. The van der Waals surface area contributed by atoms with Gasteiger partial charge in [-0.3, -0.25) is 4.79 Å². The van der Waals surface area contributed by atoms with Crippen LogP contribution in [0.5, 0.6) is 5.75 Å². The molecule has 1 N–H and O–H groups in total. The molecule has 1 unspecified atom stereocenters. The Hall–Kier alpha value is -2.25. The second-order valence-electron chi connectivity index (χ2n) is 4.67. The maximum Gasteiger partial charge on any atom is 0.407 e. The highest BCUT2D eigenvalue weighted by atomic mass is 19.3. The fourth-order valence-corrected chi connectivity index (χ4v) is 1.57. The van der Waals surface area contributed by atoms with Crippen molar-refractivity contribution >= 4 is 11.9 Å². The average molecular weight is 319 g/mol. The normalized spacial score (nSPS) is 12.6. The minimum absolute atomic E-state index is 0.0394. The first kappa shape index (κ1) is 17.8. The largest absolute Gasteiger partial charge is 0.492 e. The number of carbonyl (C=O) groups is 2. The van der Waals surface area contributed by atoms with Crippen molar-refractivity contribution < 1.29 is 32.6 Å². The number of hydrogen-bond acceptors (Lipinski definition) is 3. The van der Waals surface area contributed by atoms with Crippen LogP contribution in [0.15, 0.2) is 24.3 Å². The summed E-state index contributed by atoms with van der Waals surface area (Å²) in [5, 5.41) is 8.63. The first-order chi connectivity index (χ1) is 10.2. The maximum absolute atomic E-state index is 13.7. The summed E-state index contributed by atoms with van der Waals surface area (Å²) in [6.07, 6.45) is -4.01. The number of Topliss-reactive ketones (excluding diaryl/α,β-unsaturated/α-hetero) is 1. The van der Waals surface area contributed by atoms with Crippen molar-refractivity contribution in [2.45, 2.75) is 19.0 Å². The average Bonchev–Trinajstić information content (AvgIpc) is 2.46. The molecule has 1 atom stereocenters. The lowest BCUT2D eigenvalue weighted by Crippen LogP contribution is -2.32. The number of ether oxygens (including phenoxy) is 1. The van der Waals surface area contributed by atoms with Gasteiger partial charge >= 0.3 is 12.0 Å². The Bertz CT molecular complexity index is 533. The van der Waals surface area contributed by atoms with Gasteiger partial charge in [0.15, 0.2) is 5.78 Å². The van der Waals surface area contributed by atoms with Crippen LogP contribution in [0.3, 0.4) is 0 Å². The van der Waals surface area contributed by atoms with Crippen LogP contribution >= 0.6 is 0 Å². The quantitative estimate of drug-likeness (QED) is 0.839. The van der Waals surface area contributed by atoms with Crippen LogP contribution in [0.25, 0.3) is 0 Å². The fourth-order valence-electron chi connectivity index (χ4n) is 1.57. The molecule has 1 rings (SSSR count). The minimum Gasteiger partial charge on any atom is -0.492 e. The van der Waals surface area contributed by atoms with Crippen LogP contribution in [-0.2, 0) is 10.7 Å². The lowest BCUT2D eigenvalue weighted by Gasteiger charge is -2.19. The van der Waals surface area contributed by atoms with Crippen LogP contribution < -0.4 is 4.74 Å². The van der Waals surface area contributed by atoms with Gasteiger partial charge in [0.1, 0.15) is 12.4 Å². The number of nitrogens with zero attached hydrogens (tertiary/aromatic N) is 1. The first-order valence-corrected chi connectivity index (χ1v) is 6.36. The number of amides is 1. The van der Waals surface area contributed by atoms with Gasteiger partial charge in [-0.25, -0.2) is 9.18 Å². The molecular weight excluding hydrogens is 303 g/mol. The van der Waals surface area contributed by atoms with E-state index in [2.05, 4.69) is 0 Å². The molecule has 122 valence electrons. The molecule has 0 fully saturated rings. The number of benzene rings is 1. The molecule has 1 aromatic rings. The first-order valence-electron chi connectivity index (χ1n) is 6.36. The molecule has 8 heteroatoms. The Labute approximate surface area is 125 Å². The summed E-state index contributed by atoms with van der Waals surface area (Å²) in [4.78, 5) is 22.3. The van der Waals surface area contributed by atoms with Gasteiger partial charge < -0.3 is 14.7 Å². The third-order valence-corrected chi connectivity index (χ3v) is 2.94. The molecule has 0 radical (unpaired) electrons. The zero-order chi connectivity index (χ0) is 16.9. The third kappa shape index (κ3) is 4.37. The van der Waals surface area contributed by atoms with Crippen molar-refractivity contribution in [2.24, 2.45) is 0 Å². The van der Waals surface area contributed by atoms with E-state index >= 15 is 0 Å². The van der Waals surface area contributed by atoms with Gasteiger partial charge in [-0.05, 0) is 31.2 Å². The van der Waals surface area contributed by atoms with Gasteiger partial charge in [-0.2, -0.15) is 8.78 Å². The number of ketones is 1. The van der Waals surface area contributed by atoms with E-state index in [9.17, 15) is 22.8 Å². The topological polar surface area (TPSA) is 66.8 Å². The van der Waals surface area contributed by atoms with Gasteiger partial charge in [-0.15, -0.1) is 0 Å². The second kappa shape index (κ2) is 7.15. The summed E-state index contributed by atoms with van der Waals surface area (Å²) in [6.45, 7) is 0.900. The summed E-state index contributed by atoms with van der Waals surface area (Å²) in [6, 6.07) is 4.34. The van der Waals surface area contributed by atoms with Crippen LogP contribution in [-0.4, -0.2) is 48.3 Å². The van der Waals surface area contributed by atoms with Gasteiger partial charge in [0.2, 0.25) is 6.17 Å². The SMILES string of the molecule is CC(=O)C(F)C(F)(F)c1ccc(OCCN(C)C(=O)O)cc1. The summed E-state index contributed by atoms with van der Waals surface area (Å²) < 4.78 is 45.8. The molecule has 5 nitrogen and oxygen atoms in total. The van der Waals surface area contributed by atoms with Crippen molar-refractivity contribution in [1.29, 1.82) is 0 Å². The molecule has 0 bridgehead atoms. The number of rotatable bonds is 7. The highest BCUT2D eigenvalue weighted by Crippen LogP contribution is 2.34. The minimum atomic E-state index is -3.91. The molecular formula is C14H16F3NO4. The molecule has 1 aromatic carbocycles. The number of carboxylic acid groups (broad SMARTS) is 1. The van der Waals surface area contributed by atoms with E-state index in [0.29, 0.717) is 0 Å². The molecule has 22 heavy (non-hydrogen) atoms. The number of likely N-dealkylation sites (N-methyl/N-ethyl adjacent to an activating group) is 1. The van der Waals surface area contributed by atoms with Gasteiger partial charge in [0, 0.05) is 12.6 Å². The van der Waals surface area contributed by atoms with Crippen LogP contribution in [0.4, 0.5) is 18.0 Å². The van der Waals surface area contributed by atoms with E-state index in [1.54, 1.807) is 0 Å². The van der Waals surface area contributed by atoms with Crippen molar-refractivity contribution in [3.8, 4) is 5.75 Å². The van der Waals surface area contributed by atoms with E-state index in [0.717, 1.165) is 24.0 Å². The predicted octanol–water partition coefficient (Wildman–Crippen LogP) is 2.69. The van der Waals surface area contributed by atoms with Crippen molar-refractivity contribution in [2.75, 3.05) is 20.2 Å². The highest BCUT2D eigenvalue weighted by Gasteiger charge is 2.44. The smallest absolute Gasteiger partial charge is 0.407 e. The van der Waals surface area contributed by atoms with Crippen molar-refractivity contribution in [1.82, 2.24) is 4.90 Å². The summed E-state index contributed by atoms with van der Waals surface area (Å²) >= 11 is 0. The Balaban J connectivity index is 2.67. The Morgan fingerprint density at radius 1 is 1.32 bits per heavy atom. The Morgan fingerprint density at radius 3 is 2.32 bits per heavy atom. The van der Waals surface area contributed by atoms with E-state index in [-0.39, 0.29) is 18.9 Å². The highest BCUT2D eigenvalue weighted by molar-refractivity contribution is 5.81.